The first kappa shape index (κ1) is 60.1. The van der Waals surface area contributed by atoms with Gasteiger partial charge in [0.15, 0.2) is 22.9 Å². The van der Waals surface area contributed by atoms with Gasteiger partial charge in [0.25, 0.3) is 5.82 Å². The Morgan fingerprint density at radius 1 is 0.851 bits per heavy atom. The molecule has 0 radical (unpaired) electrons. The monoisotopic (exact) mass is 1160 g/mol. The molecular formula is C51H65Br2N8O13+. The van der Waals surface area contributed by atoms with Crippen LogP contribution in [0.4, 0.5) is 22.0 Å². The number of allylic oxidation sites excluding steroid dienone is 2. The zero-order chi connectivity index (χ0) is 54.3. The normalized spacial score (nSPS) is 13.3. The van der Waals surface area contributed by atoms with Gasteiger partial charge in [-0.3, -0.25) is 24.0 Å². The number of carbonyl (C=O) groups is 7. The fourth-order valence-electron chi connectivity index (χ4n) is 7.76. The molecule has 0 spiro atoms. The molecule has 23 heteroatoms. The predicted molar refractivity (Wildman–Crippen MR) is 280 cm³/mol. The number of aromatic nitrogens is 1. The van der Waals surface area contributed by atoms with Crippen LogP contribution in [0.15, 0.2) is 57.5 Å². The minimum atomic E-state index is -0.901. The summed E-state index contributed by atoms with van der Waals surface area (Å²) in [6.07, 6.45) is 0.479. The van der Waals surface area contributed by atoms with Crippen molar-refractivity contribution < 1.29 is 66.6 Å². The minimum absolute atomic E-state index is 0.0306. The van der Waals surface area contributed by atoms with Crippen LogP contribution in [-0.2, 0) is 55.9 Å². The molecule has 8 N–H and O–H groups in total. The predicted octanol–water partition coefficient (Wildman–Crippen LogP) is 4.78. The molecule has 1 aliphatic carbocycles. The number of amides is 5. The smallest absolute Gasteiger partial charge is 0.312 e. The van der Waals surface area contributed by atoms with Gasteiger partial charge in [0.2, 0.25) is 11.8 Å². The summed E-state index contributed by atoms with van der Waals surface area (Å²) in [5, 5.41) is 21.1. The quantitative estimate of drug-likeness (QED) is 0.0279. The van der Waals surface area contributed by atoms with Crippen LogP contribution in [0.1, 0.15) is 69.6 Å². The fourth-order valence-corrected chi connectivity index (χ4v) is 8.70. The van der Waals surface area contributed by atoms with Crippen molar-refractivity contribution in [1.29, 1.82) is 5.26 Å². The highest BCUT2D eigenvalue weighted by Gasteiger charge is 2.38. The van der Waals surface area contributed by atoms with E-state index in [0.717, 1.165) is 0 Å². The number of primary amides is 1. The summed E-state index contributed by atoms with van der Waals surface area (Å²) in [4.78, 5) is 89.9. The number of halogens is 2. The number of Topliss-reactive ketones (excluding diaryl/α,β-unsaturated/α-hetero) is 3. The molecule has 21 nitrogen and oxygen atoms in total. The lowest BCUT2D eigenvalue weighted by Gasteiger charge is -2.24. The molecule has 74 heavy (non-hydrogen) atoms. The lowest BCUT2D eigenvalue weighted by molar-refractivity contribution is -0.679. The maximum absolute atomic E-state index is 13.9. The van der Waals surface area contributed by atoms with Crippen LogP contribution < -0.4 is 51.5 Å². The van der Waals surface area contributed by atoms with Crippen molar-refractivity contribution in [2.75, 3.05) is 83.4 Å². The van der Waals surface area contributed by atoms with E-state index in [0.29, 0.717) is 34.7 Å². The molecule has 4 rings (SSSR count). The van der Waals surface area contributed by atoms with Gasteiger partial charge in [0.1, 0.15) is 24.1 Å². The van der Waals surface area contributed by atoms with Gasteiger partial charge >= 0.3 is 17.8 Å². The molecule has 3 aromatic rings. The molecule has 1 heterocycles. The summed E-state index contributed by atoms with van der Waals surface area (Å²) in [6, 6.07) is 13.9. The van der Waals surface area contributed by atoms with Crippen LogP contribution in [0.5, 0.6) is 17.4 Å². The molecule has 0 aliphatic heterocycles. The van der Waals surface area contributed by atoms with Gasteiger partial charge in [-0.1, -0.05) is 26.0 Å². The number of ketones is 3. The molecule has 0 fully saturated rings. The second-order valence-electron chi connectivity index (χ2n) is 17.3. The lowest BCUT2D eigenvalue weighted by atomic mass is 9.89. The van der Waals surface area contributed by atoms with Gasteiger partial charge < -0.3 is 55.8 Å². The van der Waals surface area contributed by atoms with Gasteiger partial charge in [-0.25, -0.2) is 14.9 Å². The van der Waals surface area contributed by atoms with E-state index in [4.69, 9.17) is 39.9 Å². The summed E-state index contributed by atoms with van der Waals surface area (Å²) in [5.41, 5.74) is 13.4. The number of nitrogens with one attached hydrogen (secondary N) is 4. The second kappa shape index (κ2) is 30.7. The van der Waals surface area contributed by atoms with Crippen molar-refractivity contribution >= 4 is 90.2 Å². The topological polar surface area (TPSA) is 303 Å². The average Bonchev–Trinajstić information content (AvgIpc) is 3.54. The van der Waals surface area contributed by atoms with Crippen molar-refractivity contribution in [3.63, 3.8) is 0 Å². The Balaban J connectivity index is 1.34. The molecule has 2 atom stereocenters. The highest BCUT2D eigenvalue weighted by atomic mass is 79.9. The number of anilines is 3. The molecule has 1 aliphatic rings. The van der Waals surface area contributed by atoms with Crippen LogP contribution >= 0.6 is 31.9 Å². The van der Waals surface area contributed by atoms with E-state index < -0.39 is 41.6 Å². The number of pyridine rings is 1. The van der Waals surface area contributed by atoms with E-state index in [1.807, 2.05) is 0 Å². The average molecular weight is 1160 g/mol. The van der Waals surface area contributed by atoms with Crippen LogP contribution in [0.25, 0.3) is 0 Å². The van der Waals surface area contributed by atoms with Gasteiger partial charge in [0, 0.05) is 43.2 Å². The third-order valence-corrected chi connectivity index (χ3v) is 13.7. The van der Waals surface area contributed by atoms with Crippen molar-refractivity contribution in [3.8, 4) is 23.4 Å². The van der Waals surface area contributed by atoms with Gasteiger partial charge in [-0.2, -0.15) is 9.83 Å². The molecule has 0 saturated carbocycles. The van der Waals surface area contributed by atoms with E-state index in [2.05, 4.69) is 59.2 Å². The molecule has 0 bridgehead atoms. The van der Waals surface area contributed by atoms with E-state index in [-0.39, 0.29) is 147 Å². The Kier molecular flexibility index (Phi) is 24.9. The summed E-state index contributed by atoms with van der Waals surface area (Å²) in [5.74, 6) is -2.67. The summed E-state index contributed by atoms with van der Waals surface area (Å²) < 4.78 is 35.4. The van der Waals surface area contributed by atoms with Crippen molar-refractivity contribution in [2.24, 2.45) is 23.5 Å². The molecule has 2 aromatic carbocycles. The largest absolute Gasteiger partial charge is 0.497 e. The first-order valence-electron chi connectivity index (χ1n) is 23.9. The number of hydrogen-bond donors (Lipinski definition) is 6. The van der Waals surface area contributed by atoms with E-state index >= 15 is 0 Å². The Bertz CT molecular complexity index is 2530. The maximum atomic E-state index is 13.9. The first-order chi connectivity index (χ1) is 35.4. The number of benzene rings is 2. The number of nitrogens with two attached hydrogens (primary N) is 2. The van der Waals surface area contributed by atoms with E-state index in [1.165, 1.54) is 20.3 Å². The maximum Gasteiger partial charge on any atom is 0.312 e. The number of urea groups is 1. The zero-order valence-corrected chi connectivity index (χ0v) is 45.3. The Morgan fingerprint density at radius 3 is 2.09 bits per heavy atom. The zero-order valence-electron chi connectivity index (χ0n) is 42.1. The summed E-state index contributed by atoms with van der Waals surface area (Å²) >= 11 is 6.24. The van der Waals surface area contributed by atoms with E-state index in [9.17, 15) is 38.8 Å². The number of methoxy groups -OCH3 is 2. The fraction of sp³-hybridized carbons (Fsp3) is 0.471. The molecule has 0 saturated heterocycles. The van der Waals surface area contributed by atoms with Crippen LogP contribution in [-0.4, -0.2) is 114 Å². The second-order valence-corrected chi connectivity index (χ2v) is 18.8. The number of nitrogen functional groups attached to an aromatic ring is 1. The van der Waals surface area contributed by atoms with Crippen molar-refractivity contribution in [3.05, 3.63) is 74.2 Å². The van der Waals surface area contributed by atoms with Crippen LogP contribution in [0.2, 0.25) is 0 Å². The minimum Gasteiger partial charge on any atom is -0.497 e. The Hall–Kier alpha value is -6.45. The molecule has 1 aromatic heterocycles. The number of rotatable bonds is 32. The van der Waals surface area contributed by atoms with Crippen LogP contribution in [0.3, 0.4) is 0 Å². The van der Waals surface area contributed by atoms with Crippen LogP contribution in [0, 0.1) is 29.1 Å². The Morgan fingerprint density at radius 2 is 1.50 bits per heavy atom. The Labute approximate surface area is 447 Å². The van der Waals surface area contributed by atoms with Gasteiger partial charge in [-0.05, 0) is 99.9 Å². The molecule has 0 unspecified atom stereocenters. The highest BCUT2D eigenvalue weighted by molar-refractivity contribution is 9.14. The number of hydrogen-bond acceptors (Lipinski definition) is 15. The van der Waals surface area contributed by atoms with Gasteiger partial charge in [0.05, 0.1) is 93.0 Å². The molecule has 5 amide bonds. The number of nitriles is 1. The summed E-state index contributed by atoms with van der Waals surface area (Å²) in [6.45, 7) is 7.01. The lowest BCUT2D eigenvalue weighted by Crippen LogP contribution is -2.45. The third kappa shape index (κ3) is 18.2. The van der Waals surface area contributed by atoms with Crippen molar-refractivity contribution in [1.82, 2.24) is 10.6 Å². The van der Waals surface area contributed by atoms with Crippen molar-refractivity contribution in [2.45, 2.75) is 71.9 Å². The molecular weight excluding hydrogens is 1090 g/mol. The first-order valence-corrected chi connectivity index (χ1v) is 25.5. The standard InChI is InChI=1S/C51H64Br2N8O13/c1-6-74-50-37(28-54)38(55)27-41(59-43(64)26-33-24-35(69-4)13-14-40(33)70-5)61(50)29-31-9-11-34(12-10-31)58-49(67)32(8-7-17-57-51(56)68)25-39(62)46(30(2)3)60-42(63)16-19-72-21-23-73-22-20-71-18-15-36-47(65)44(52)45(53)48(36)66/h9-14,24,27,30,32,36,46H,6-8,15-23,25-26,29H2,1-5H3,(H7,55,56,57,58,59,60,63,64,67,68)/p+1/t32-,46+/m1/s1. The third-order valence-electron chi connectivity index (χ3n) is 11.6. The summed E-state index contributed by atoms with van der Waals surface area (Å²) in [7, 11) is 3.02. The number of carbonyl (C=O) groups excluding carboxylic acids is 7. The SMILES string of the molecule is CCOc1c(C#N)c(N)cc(NC(=O)Cc2cc(OC)ccc2OC)[n+]1Cc1ccc(NC(=O)[C@H](CCCNC(N)=O)CC(=O)[C@@H](NC(=O)CCOCCOCCOCCC2C(=O)C(Br)=C(Br)C2=O)C(C)C)cc1. The number of nitrogens with zero attached hydrogens (tertiary/aromatic N) is 2. The number of ether oxygens (including phenoxy) is 6. The highest BCUT2D eigenvalue weighted by Crippen LogP contribution is 2.34. The van der Waals surface area contributed by atoms with Gasteiger partial charge in [-0.15, -0.1) is 0 Å². The molecule has 400 valence electrons. The van der Waals surface area contributed by atoms with E-state index in [1.54, 1.807) is 67.8 Å².